The zero-order valence-electron chi connectivity index (χ0n) is 26.0. The summed E-state index contributed by atoms with van der Waals surface area (Å²) in [4.78, 5) is 38.9. The van der Waals surface area contributed by atoms with E-state index in [1.165, 1.54) is 22.3 Å². The van der Waals surface area contributed by atoms with Crippen LogP contribution in [0.2, 0.25) is 0 Å². The number of hydrogen-bond donors (Lipinski definition) is 2. The second kappa shape index (κ2) is 14.9. The van der Waals surface area contributed by atoms with Crippen molar-refractivity contribution in [3.8, 4) is 11.1 Å². The van der Waals surface area contributed by atoms with Gasteiger partial charge in [-0.1, -0.05) is 48.5 Å². The van der Waals surface area contributed by atoms with Crippen LogP contribution in [0.25, 0.3) is 11.1 Å². The number of ether oxygens (including phenoxy) is 3. The lowest BCUT2D eigenvalue weighted by atomic mass is 9.98. The van der Waals surface area contributed by atoms with Gasteiger partial charge in [0.1, 0.15) is 17.8 Å². The Balaban J connectivity index is 1.53. The van der Waals surface area contributed by atoms with Gasteiger partial charge in [0.2, 0.25) is 0 Å². The fourth-order valence-electron chi connectivity index (χ4n) is 4.84. The lowest BCUT2D eigenvalue weighted by molar-refractivity contribution is 0.0515. The number of nitrogens with one attached hydrogen (secondary N) is 2. The largest absolute Gasteiger partial charge is 0.448 e. The zero-order chi connectivity index (χ0) is 30.8. The molecule has 0 saturated carbocycles. The third kappa shape index (κ3) is 10.6. The average Bonchev–Trinajstić information content (AvgIpc) is 3.22. The van der Waals surface area contributed by atoms with Crippen LogP contribution in [0.1, 0.15) is 84.3 Å². The summed E-state index contributed by atoms with van der Waals surface area (Å²) in [6.07, 6.45) is 1.49. The fourth-order valence-corrected chi connectivity index (χ4v) is 4.84. The van der Waals surface area contributed by atoms with E-state index in [0.717, 1.165) is 0 Å². The van der Waals surface area contributed by atoms with Gasteiger partial charge in [-0.2, -0.15) is 0 Å². The molecule has 0 spiro atoms. The number of rotatable bonds is 12. The Bertz CT molecular complexity index is 1120. The van der Waals surface area contributed by atoms with Gasteiger partial charge in [0.15, 0.2) is 0 Å². The van der Waals surface area contributed by atoms with Gasteiger partial charge >= 0.3 is 18.3 Å². The van der Waals surface area contributed by atoms with E-state index >= 15 is 0 Å². The highest BCUT2D eigenvalue weighted by atomic mass is 16.6. The first-order valence-electron chi connectivity index (χ1n) is 14.9. The summed E-state index contributed by atoms with van der Waals surface area (Å²) < 4.78 is 16.5. The summed E-state index contributed by atoms with van der Waals surface area (Å²) >= 11 is 0. The highest BCUT2D eigenvalue weighted by Gasteiger charge is 2.29. The van der Waals surface area contributed by atoms with E-state index in [2.05, 4.69) is 34.9 Å². The van der Waals surface area contributed by atoms with E-state index in [0.29, 0.717) is 51.9 Å². The SMILES string of the molecule is CC(C)(C)OC(=O)NCCCCN(CCCCNC(=O)OC(C)(C)C)C(=O)OCC1c2ccccc2-c2ccccc21. The summed E-state index contributed by atoms with van der Waals surface area (Å²) in [5.74, 6) is -0.0146. The number of alkyl carbamates (subject to hydrolysis) is 2. The van der Waals surface area contributed by atoms with Crippen LogP contribution >= 0.6 is 0 Å². The Morgan fingerprint density at radius 2 is 1.12 bits per heavy atom. The van der Waals surface area contributed by atoms with Crippen LogP contribution in [0.4, 0.5) is 14.4 Å². The molecule has 0 fully saturated rings. The lowest BCUT2D eigenvalue weighted by Gasteiger charge is -2.24. The van der Waals surface area contributed by atoms with Gasteiger partial charge in [0.05, 0.1) is 0 Å². The van der Waals surface area contributed by atoms with E-state index in [1.54, 1.807) is 4.90 Å². The number of hydrogen-bond acceptors (Lipinski definition) is 6. The molecule has 3 amide bonds. The first-order chi connectivity index (χ1) is 19.8. The number of nitrogens with zero attached hydrogens (tertiary/aromatic N) is 1. The topological polar surface area (TPSA) is 106 Å². The molecule has 1 aliphatic rings. The van der Waals surface area contributed by atoms with Crippen LogP contribution in [-0.4, -0.2) is 67.2 Å². The molecule has 2 aromatic carbocycles. The number of benzene rings is 2. The fraction of sp³-hybridized carbons (Fsp3) is 0.545. The van der Waals surface area contributed by atoms with Gasteiger partial charge in [-0.25, -0.2) is 14.4 Å². The molecule has 0 heterocycles. The molecule has 1 aliphatic carbocycles. The predicted molar refractivity (Wildman–Crippen MR) is 164 cm³/mol. The van der Waals surface area contributed by atoms with E-state index in [9.17, 15) is 14.4 Å². The summed E-state index contributed by atoms with van der Waals surface area (Å²) in [6.45, 7) is 13.1. The van der Waals surface area contributed by atoms with Crippen molar-refractivity contribution >= 4 is 18.3 Å². The minimum absolute atomic E-state index is 0.0146. The Hall–Kier alpha value is -3.75. The number of amides is 3. The third-order valence-corrected chi connectivity index (χ3v) is 6.64. The molecule has 0 unspecified atom stereocenters. The Kier molecular flexibility index (Phi) is 11.6. The van der Waals surface area contributed by atoms with Crippen molar-refractivity contribution in [1.29, 1.82) is 0 Å². The Morgan fingerprint density at radius 1 is 0.690 bits per heavy atom. The summed E-state index contributed by atoms with van der Waals surface area (Å²) in [5, 5.41) is 5.52. The minimum atomic E-state index is -0.552. The molecular weight excluding hydrogens is 534 g/mol. The van der Waals surface area contributed by atoms with Crippen molar-refractivity contribution in [1.82, 2.24) is 15.5 Å². The number of unbranched alkanes of at least 4 members (excludes halogenated alkanes) is 2. The molecule has 9 heteroatoms. The maximum absolute atomic E-state index is 13.3. The van der Waals surface area contributed by atoms with Crippen LogP contribution in [0.3, 0.4) is 0 Å². The molecule has 0 bridgehead atoms. The summed E-state index contributed by atoms with van der Waals surface area (Å²) in [5.41, 5.74) is 3.59. The van der Waals surface area contributed by atoms with E-state index in [-0.39, 0.29) is 18.6 Å². The second-order valence-corrected chi connectivity index (χ2v) is 12.6. The average molecular weight is 582 g/mol. The predicted octanol–water partition coefficient (Wildman–Crippen LogP) is 6.85. The standard InChI is InChI=1S/C33H47N3O6/c1-32(2,3)41-29(37)34-19-11-13-21-36(22-14-12-20-35-30(38)42-33(4,5)6)31(39)40-23-28-26-17-9-7-15-24(26)25-16-8-10-18-27(25)28/h7-10,15-18,28H,11-14,19-23H2,1-6H3,(H,34,37)(H,35,38). The van der Waals surface area contributed by atoms with Crippen molar-refractivity contribution in [3.05, 3.63) is 59.7 Å². The highest BCUT2D eigenvalue weighted by molar-refractivity contribution is 5.79. The van der Waals surface area contributed by atoms with Gasteiger partial charge in [-0.15, -0.1) is 0 Å². The van der Waals surface area contributed by atoms with Gasteiger partial charge in [0.25, 0.3) is 0 Å². The van der Waals surface area contributed by atoms with E-state index < -0.39 is 23.4 Å². The van der Waals surface area contributed by atoms with Crippen molar-refractivity contribution < 1.29 is 28.6 Å². The molecule has 9 nitrogen and oxygen atoms in total. The van der Waals surface area contributed by atoms with Gasteiger partial charge in [-0.3, -0.25) is 0 Å². The molecule has 42 heavy (non-hydrogen) atoms. The second-order valence-electron chi connectivity index (χ2n) is 12.6. The summed E-state index contributed by atoms with van der Waals surface area (Å²) in [6, 6.07) is 16.5. The third-order valence-electron chi connectivity index (χ3n) is 6.64. The van der Waals surface area contributed by atoms with Crippen LogP contribution in [0.5, 0.6) is 0 Å². The van der Waals surface area contributed by atoms with Crippen molar-refractivity contribution in [2.45, 2.75) is 84.3 Å². The smallest absolute Gasteiger partial charge is 0.409 e. The molecule has 3 rings (SSSR count). The van der Waals surface area contributed by atoms with Crippen LogP contribution < -0.4 is 10.6 Å². The van der Waals surface area contributed by atoms with Crippen LogP contribution in [0, 0.1) is 0 Å². The molecular formula is C33H47N3O6. The molecule has 230 valence electrons. The molecule has 0 aliphatic heterocycles. The summed E-state index contributed by atoms with van der Waals surface area (Å²) in [7, 11) is 0. The van der Waals surface area contributed by atoms with E-state index in [1.807, 2.05) is 65.8 Å². The van der Waals surface area contributed by atoms with E-state index in [4.69, 9.17) is 14.2 Å². The first-order valence-corrected chi connectivity index (χ1v) is 14.9. The number of carbonyl (C=O) groups excluding carboxylic acids is 3. The van der Waals surface area contributed by atoms with Gasteiger partial charge < -0.3 is 29.7 Å². The highest BCUT2D eigenvalue weighted by Crippen LogP contribution is 2.44. The monoisotopic (exact) mass is 581 g/mol. The Morgan fingerprint density at radius 3 is 1.55 bits per heavy atom. The number of carbonyl (C=O) groups is 3. The van der Waals surface area contributed by atoms with Crippen molar-refractivity contribution in [2.24, 2.45) is 0 Å². The van der Waals surface area contributed by atoms with Gasteiger partial charge in [-0.05, 0) is 89.5 Å². The molecule has 0 saturated heterocycles. The molecule has 0 atom stereocenters. The number of fused-ring (bicyclic) bond motifs is 3. The van der Waals surface area contributed by atoms with Gasteiger partial charge in [0, 0.05) is 32.1 Å². The minimum Gasteiger partial charge on any atom is -0.448 e. The van der Waals surface area contributed by atoms with Crippen molar-refractivity contribution in [2.75, 3.05) is 32.8 Å². The molecule has 0 radical (unpaired) electrons. The molecule has 0 aromatic heterocycles. The van der Waals surface area contributed by atoms with Crippen LogP contribution in [-0.2, 0) is 14.2 Å². The zero-order valence-corrected chi connectivity index (χ0v) is 26.0. The molecule has 2 N–H and O–H groups in total. The quantitative estimate of drug-likeness (QED) is 0.210. The Labute approximate surface area is 250 Å². The maximum atomic E-state index is 13.3. The first kappa shape index (κ1) is 32.8. The van der Waals surface area contributed by atoms with Crippen molar-refractivity contribution in [3.63, 3.8) is 0 Å². The maximum Gasteiger partial charge on any atom is 0.409 e. The lowest BCUT2D eigenvalue weighted by Crippen LogP contribution is -2.36. The molecule has 2 aromatic rings. The van der Waals surface area contributed by atoms with Crippen LogP contribution in [0.15, 0.2) is 48.5 Å². The normalized spacial score (nSPS) is 12.6.